The Morgan fingerprint density at radius 2 is 1.89 bits per heavy atom. The lowest BCUT2D eigenvalue weighted by Crippen LogP contribution is -2.46. The van der Waals surface area contributed by atoms with Crippen molar-refractivity contribution in [3.05, 3.63) is 28.8 Å². The fourth-order valence-electron chi connectivity index (χ4n) is 2.49. The largest absolute Gasteiger partial charge is 0.368 e. The molecule has 4 heteroatoms. The molecule has 1 heterocycles. The molecule has 1 aromatic rings. The Kier molecular flexibility index (Phi) is 5.49. The Hall–Kier alpha value is -0.770. The van der Waals surface area contributed by atoms with Crippen LogP contribution in [0.5, 0.6) is 0 Å². The van der Waals surface area contributed by atoms with E-state index in [2.05, 4.69) is 47.2 Å². The van der Waals surface area contributed by atoms with Gasteiger partial charge in [-0.3, -0.25) is 0 Å². The first-order chi connectivity index (χ1) is 9.24. The van der Waals surface area contributed by atoms with Crippen LogP contribution >= 0.6 is 11.6 Å². The number of rotatable bonds is 5. The van der Waals surface area contributed by atoms with E-state index in [-0.39, 0.29) is 0 Å². The molecular weight excluding hydrogens is 258 g/mol. The van der Waals surface area contributed by atoms with Gasteiger partial charge in [-0.25, -0.2) is 0 Å². The molecule has 0 saturated carbocycles. The van der Waals surface area contributed by atoms with Gasteiger partial charge in [-0.15, -0.1) is 0 Å². The molecule has 1 aliphatic heterocycles. The van der Waals surface area contributed by atoms with Crippen molar-refractivity contribution in [2.45, 2.75) is 20.4 Å². The Bertz CT molecular complexity index is 400. The lowest BCUT2D eigenvalue weighted by atomic mass is 10.1. The van der Waals surface area contributed by atoms with E-state index in [1.165, 1.54) is 11.3 Å². The summed E-state index contributed by atoms with van der Waals surface area (Å²) in [6, 6.07) is 6.43. The van der Waals surface area contributed by atoms with Gasteiger partial charge in [-0.05, 0) is 30.8 Å². The summed E-state index contributed by atoms with van der Waals surface area (Å²) in [6.45, 7) is 11.8. The zero-order valence-electron chi connectivity index (χ0n) is 12.0. The molecule has 106 valence electrons. The summed E-state index contributed by atoms with van der Waals surface area (Å²) in [7, 11) is 0. The van der Waals surface area contributed by atoms with Crippen LogP contribution in [0, 0.1) is 0 Å². The van der Waals surface area contributed by atoms with Crippen LogP contribution in [0.3, 0.4) is 0 Å². The summed E-state index contributed by atoms with van der Waals surface area (Å²) in [5.74, 6) is 0. The van der Waals surface area contributed by atoms with Gasteiger partial charge in [0, 0.05) is 32.7 Å². The quantitative estimate of drug-likeness (QED) is 0.895. The van der Waals surface area contributed by atoms with Crippen LogP contribution in [0.2, 0.25) is 5.02 Å². The number of nitrogens with zero attached hydrogens (tertiary/aromatic N) is 2. The standard InChI is InChI=1S/C15H24ClN3/c1-3-17-12-13-5-6-15(14(16)11-13)19-9-7-18(4-2)8-10-19/h5-6,11,17H,3-4,7-10,12H2,1-2H3. The van der Waals surface area contributed by atoms with Crippen molar-refractivity contribution in [2.75, 3.05) is 44.2 Å². The molecule has 1 saturated heterocycles. The van der Waals surface area contributed by atoms with E-state index in [1.54, 1.807) is 0 Å². The first-order valence-corrected chi connectivity index (χ1v) is 7.58. The van der Waals surface area contributed by atoms with Crippen molar-refractivity contribution in [3.8, 4) is 0 Å². The molecule has 1 fully saturated rings. The fourth-order valence-corrected chi connectivity index (χ4v) is 2.81. The minimum atomic E-state index is 0.875. The van der Waals surface area contributed by atoms with Gasteiger partial charge in [0.25, 0.3) is 0 Å². The molecule has 1 aliphatic rings. The highest BCUT2D eigenvalue weighted by molar-refractivity contribution is 6.33. The molecule has 19 heavy (non-hydrogen) atoms. The van der Waals surface area contributed by atoms with Crippen LogP contribution in [0.4, 0.5) is 5.69 Å². The van der Waals surface area contributed by atoms with E-state index in [4.69, 9.17) is 11.6 Å². The first-order valence-electron chi connectivity index (χ1n) is 7.21. The minimum Gasteiger partial charge on any atom is -0.368 e. The lowest BCUT2D eigenvalue weighted by molar-refractivity contribution is 0.271. The van der Waals surface area contributed by atoms with Crippen molar-refractivity contribution >= 4 is 17.3 Å². The second kappa shape index (κ2) is 7.13. The first kappa shape index (κ1) is 14.6. The molecule has 1 aromatic carbocycles. The van der Waals surface area contributed by atoms with E-state index in [9.17, 15) is 0 Å². The average molecular weight is 282 g/mol. The number of benzene rings is 1. The summed E-state index contributed by atoms with van der Waals surface area (Å²) in [5.41, 5.74) is 2.43. The lowest BCUT2D eigenvalue weighted by Gasteiger charge is -2.36. The third-order valence-corrected chi connectivity index (χ3v) is 4.05. The van der Waals surface area contributed by atoms with Gasteiger partial charge in [0.2, 0.25) is 0 Å². The van der Waals surface area contributed by atoms with Crippen molar-refractivity contribution in [1.29, 1.82) is 0 Å². The van der Waals surface area contributed by atoms with Gasteiger partial charge in [-0.2, -0.15) is 0 Å². The Morgan fingerprint density at radius 1 is 1.16 bits per heavy atom. The van der Waals surface area contributed by atoms with Crippen molar-refractivity contribution in [3.63, 3.8) is 0 Å². The summed E-state index contributed by atoms with van der Waals surface area (Å²) >= 11 is 6.43. The Labute approximate surface area is 121 Å². The number of hydrogen-bond donors (Lipinski definition) is 1. The van der Waals surface area contributed by atoms with Gasteiger partial charge in [-0.1, -0.05) is 31.5 Å². The Morgan fingerprint density at radius 3 is 2.47 bits per heavy atom. The summed E-state index contributed by atoms with van der Waals surface area (Å²) in [5, 5.41) is 4.20. The molecule has 1 N–H and O–H groups in total. The van der Waals surface area contributed by atoms with Crippen LogP contribution in [0.1, 0.15) is 19.4 Å². The maximum absolute atomic E-state index is 6.43. The second-order valence-corrected chi connectivity index (χ2v) is 5.39. The molecule has 0 aliphatic carbocycles. The van der Waals surface area contributed by atoms with Crippen molar-refractivity contribution in [1.82, 2.24) is 10.2 Å². The smallest absolute Gasteiger partial charge is 0.0642 e. The van der Waals surface area contributed by atoms with Gasteiger partial charge < -0.3 is 15.1 Å². The van der Waals surface area contributed by atoms with E-state index < -0.39 is 0 Å². The average Bonchev–Trinajstić information content (AvgIpc) is 2.45. The monoisotopic (exact) mass is 281 g/mol. The summed E-state index contributed by atoms with van der Waals surface area (Å²) < 4.78 is 0. The highest BCUT2D eigenvalue weighted by Gasteiger charge is 2.17. The zero-order chi connectivity index (χ0) is 13.7. The fraction of sp³-hybridized carbons (Fsp3) is 0.600. The Balaban J connectivity index is 2.01. The number of halogens is 1. The predicted molar refractivity (Wildman–Crippen MR) is 83.2 cm³/mol. The van der Waals surface area contributed by atoms with Gasteiger partial charge in [0.15, 0.2) is 0 Å². The van der Waals surface area contributed by atoms with Crippen LogP contribution in [-0.4, -0.2) is 44.2 Å². The number of nitrogens with one attached hydrogen (secondary N) is 1. The van der Waals surface area contributed by atoms with E-state index in [0.29, 0.717) is 0 Å². The molecule has 2 rings (SSSR count). The molecule has 0 amide bonds. The third kappa shape index (κ3) is 3.85. The SMILES string of the molecule is CCNCc1ccc(N2CCN(CC)CC2)c(Cl)c1. The summed E-state index contributed by atoms with van der Waals surface area (Å²) in [6.07, 6.45) is 0. The number of piperazine rings is 1. The predicted octanol–water partition coefficient (Wildman–Crippen LogP) is 2.59. The highest BCUT2D eigenvalue weighted by atomic mass is 35.5. The van der Waals surface area contributed by atoms with Gasteiger partial charge in [0.05, 0.1) is 10.7 Å². The van der Waals surface area contributed by atoms with Crippen LogP contribution in [0.25, 0.3) is 0 Å². The van der Waals surface area contributed by atoms with E-state index in [1.807, 2.05) is 0 Å². The second-order valence-electron chi connectivity index (χ2n) is 4.99. The van der Waals surface area contributed by atoms with Crippen LogP contribution in [0.15, 0.2) is 18.2 Å². The maximum Gasteiger partial charge on any atom is 0.0642 e. The number of likely N-dealkylation sites (N-methyl/N-ethyl adjacent to an activating group) is 1. The molecular formula is C15H24ClN3. The van der Waals surface area contributed by atoms with E-state index in [0.717, 1.165) is 50.8 Å². The summed E-state index contributed by atoms with van der Waals surface area (Å²) in [4.78, 5) is 4.87. The molecule has 0 radical (unpaired) electrons. The van der Waals surface area contributed by atoms with Crippen LogP contribution in [-0.2, 0) is 6.54 Å². The van der Waals surface area contributed by atoms with Gasteiger partial charge >= 0.3 is 0 Å². The number of hydrogen-bond acceptors (Lipinski definition) is 3. The number of anilines is 1. The third-order valence-electron chi connectivity index (χ3n) is 3.75. The van der Waals surface area contributed by atoms with Crippen molar-refractivity contribution < 1.29 is 0 Å². The normalized spacial score (nSPS) is 16.9. The zero-order valence-corrected chi connectivity index (χ0v) is 12.7. The molecule has 3 nitrogen and oxygen atoms in total. The molecule has 0 aromatic heterocycles. The van der Waals surface area contributed by atoms with Crippen molar-refractivity contribution in [2.24, 2.45) is 0 Å². The molecule has 0 spiro atoms. The maximum atomic E-state index is 6.43. The molecule has 0 unspecified atom stereocenters. The molecule has 0 atom stereocenters. The highest BCUT2D eigenvalue weighted by Crippen LogP contribution is 2.27. The molecule has 0 bridgehead atoms. The topological polar surface area (TPSA) is 18.5 Å². The van der Waals surface area contributed by atoms with E-state index >= 15 is 0 Å². The van der Waals surface area contributed by atoms with Crippen LogP contribution < -0.4 is 10.2 Å². The minimum absolute atomic E-state index is 0.875. The van der Waals surface area contributed by atoms with Gasteiger partial charge in [0.1, 0.15) is 0 Å².